The molecule has 134 valence electrons. The largest absolute Gasteiger partial charge is 0.379 e. The third-order valence-electron chi connectivity index (χ3n) is 4.85. The van der Waals surface area contributed by atoms with Crippen molar-refractivity contribution in [2.75, 3.05) is 32.8 Å². The average molecular weight is 343 g/mol. The van der Waals surface area contributed by atoms with Crippen LogP contribution in [-0.2, 0) is 4.74 Å². The average Bonchev–Trinajstić information content (AvgIpc) is 2.65. The van der Waals surface area contributed by atoms with E-state index in [1.165, 1.54) is 12.1 Å². The van der Waals surface area contributed by atoms with Crippen molar-refractivity contribution in [1.82, 2.24) is 15.2 Å². The molecule has 0 spiro atoms. The van der Waals surface area contributed by atoms with Gasteiger partial charge < -0.3 is 10.1 Å². The Balaban J connectivity index is 1.77. The summed E-state index contributed by atoms with van der Waals surface area (Å²) in [6, 6.07) is 10.7. The first-order valence-electron chi connectivity index (χ1n) is 8.78. The van der Waals surface area contributed by atoms with E-state index in [1.807, 2.05) is 24.3 Å². The second kappa shape index (κ2) is 8.04. The molecule has 1 aliphatic heterocycles. The van der Waals surface area contributed by atoms with Crippen molar-refractivity contribution in [1.29, 1.82) is 0 Å². The fraction of sp³-hybridized carbons (Fsp3) is 0.450. The van der Waals surface area contributed by atoms with E-state index in [1.54, 1.807) is 12.4 Å². The second-order valence-corrected chi connectivity index (χ2v) is 7.06. The molecule has 25 heavy (non-hydrogen) atoms. The number of pyridine rings is 1. The summed E-state index contributed by atoms with van der Waals surface area (Å²) in [6.07, 6.45) is 3.58. The third kappa shape index (κ3) is 4.63. The lowest BCUT2D eigenvalue weighted by molar-refractivity contribution is -0.0101. The van der Waals surface area contributed by atoms with Crippen LogP contribution in [0.4, 0.5) is 4.39 Å². The Morgan fingerprint density at radius 1 is 1.08 bits per heavy atom. The van der Waals surface area contributed by atoms with Crippen molar-refractivity contribution in [3.8, 4) is 0 Å². The highest BCUT2D eigenvalue weighted by molar-refractivity contribution is 5.30. The number of hydrogen-bond acceptors (Lipinski definition) is 4. The monoisotopic (exact) mass is 343 g/mol. The maximum atomic E-state index is 13.3. The van der Waals surface area contributed by atoms with Crippen LogP contribution in [0.5, 0.6) is 0 Å². The SMILES string of the molecule is CC(C)(CN[C@H](c1ccncc1)c1ccc(F)cc1)N1CCOCC1. The van der Waals surface area contributed by atoms with E-state index in [0.717, 1.165) is 44.0 Å². The van der Waals surface area contributed by atoms with Crippen LogP contribution in [0.3, 0.4) is 0 Å². The van der Waals surface area contributed by atoms with E-state index in [4.69, 9.17) is 4.74 Å². The number of halogens is 1. The van der Waals surface area contributed by atoms with Gasteiger partial charge in [-0.1, -0.05) is 12.1 Å². The lowest BCUT2D eigenvalue weighted by Crippen LogP contribution is -2.55. The summed E-state index contributed by atoms with van der Waals surface area (Å²) in [5.74, 6) is -0.217. The van der Waals surface area contributed by atoms with Crippen molar-refractivity contribution in [3.63, 3.8) is 0 Å². The number of ether oxygens (including phenoxy) is 1. The minimum Gasteiger partial charge on any atom is -0.379 e. The van der Waals surface area contributed by atoms with E-state index in [2.05, 4.69) is 29.0 Å². The Bertz CT molecular complexity index is 654. The van der Waals surface area contributed by atoms with Crippen molar-refractivity contribution in [3.05, 3.63) is 65.7 Å². The zero-order valence-corrected chi connectivity index (χ0v) is 14.9. The molecule has 1 aromatic carbocycles. The first-order chi connectivity index (χ1) is 12.1. The topological polar surface area (TPSA) is 37.4 Å². The molecular weight excluding hydrogens is 317 g/mol. The predicted octanol–water partition coefficient (Wildman–Crippen LogP) is 3.01. The van der Waals surface area contributed by atoms with E-state index < -0.39 is 0 Å². The van der Waals surface area contributed by atoms with Crippen LogP contribution < -0.4 is 5.32 Å². The molecule has 4 nitrogen and oxygen atoms in total. The summed E-state index contributed by atoms with van der Waals surface area (Å²) in [5.41, 5.74) is 2.18. The van der Waals surface area contributed by atoms with Gasteiger partial charge in [-0.3, -0.25) is 9.88 Å². The number of rotatable bonds is 6. The van der Waals surface area contributed by atoms with Gasteiger partial charge in [0.2, 0.25) is 0 Å². The van der Waals surface area contributed by atoms with Gasteiger partial charge in [-0.25, -0.2) is 4.39 Å². The molecule has 0 radical (unpaired) electrons. The zero-order valence-electron chi connectivity index (χ0n) is 14.9. The highest BCUT2D eigenvalue weighted by Gasteiger charge is 2.29. The molecule has 0 bridgehead atoms. The van der Waals surface area contributed by atoms with Crippen LogP contribution >= 0.6 is 0 Å². The van der Waals surface area contributed by atoms with Gasteiger partial charge in [-0.2, -0.15) is 0 Å². The van der Waals surface area contributed by atoms with E-state index in [9.17, 15) is 4.39 Å². The molecule has 1 atom stereocenters. The van der Waals surface area contributed by atoms with Crippen molar-refractivity contribution in [2.24, 2.45) is 0 Å². The molecule has 1 fully saturated rings. The van der Waals surface area contributed by atoms with Crippen LogP contribution in [0.1, 0.15) is 31.0 Å². The fourth-order valence-electron chi connectivity index (χ4n) is 3.27. The molecule has 0 aliphatic carbocycles. The minimum atomic E-state index is -0.217. The Hall–Kier alpha value is -1.82. The Labute approximate surface area is 149 Å². The number of hydrogen-bond donors (Lipinski definition) is 1. The maximum absolute atomic E-state index is 13.3. The van der Waals surface area contributed by atoms with Gasteiger partial charge in [0.1, 0.15) is 5.82 Å². The molecule has 0 amide bonds. The van der Waals surface area contributed by atoms with Gasteiger partial charge in [-0.05, 0) is 49.2 Å². The minimum absolute atomic E-state index is 0.00363. The van der Waals surface area contributed by atoms with Crippen molar-refractivity contribution in [2.45, 2.75) is 25.4 Å². The lowest BCUT2D eigenvalue weighted by atomic mass is 9.96. The van der Waals surface area contributed by atoms with Gasteiger partial charge in [0.15, 0.2) is 0 Å². The number of morpholine rings is 1. The standard InChI is InChI=1S/C20H26FN3O/c1-20(2,24-11-13-25-14-12-24)15-23-19(17-7-9-22-10-8-17)16-3-5-18(21)6-4-16/h3-10,19,23H,11-15H2,1-2H3/t19-/m0/s1. The fourth-order valence-corrected chi connectivity index (χ4v) is 3.27. The normalized spacial score (nSPS) is 17.4. The molecule has 1 aromatic heterocycles. The summed E-state index contributed by atoms with van der Waals surface area (Å²) in [5, 5.41) is 3.68. The van der Waals surface area contributed by atoms with Crippen LogP contribution in [-0.4, -0.2) is 48.3 Å². The summed E-state index contributed by atoms with van der Waals surface area (Å²) in [4.78, 5) is 6.56. The van der Waals surface area contributed by atoms with Crippen LogP contribution in [0, 0.1) is 5.82 Å². The molecule has 3 rings (SSSR count). The van der Waals surface area contributed by atoms with E-state index in [-0.39, 0.29) is 17.4 Å². The molecule has 2 heterocycles. The molecule has 1 N–H and O–H groups in total. The summed E-state index contributed by atoms with van der Waals surface area (Å²) in [6.45, 7) is 8.79. The van der Waals surface area contributed by atoms with E-state index in [0.29, 0.717) is 0 Å². The van der Waals surface area contributed by atoms with E-state index >= 15 is 0 Å². The molecule has 0 saturated carbocycles. The number of aromatic nitrogens is 1. The molecule has 1 aliphatic rings. The molecule has 1 saturated heterocycles. The van der Waals surface area contributed by atoms with Gasteiger partial charge in [0, 0.05) is 37.6 Å². The Morgan fingerprint density at radius 3 is 2.32 bits per heavy atom. The smallest absolute Gasteiger partial charge is 0.123 e. The van der Waals surface area contributed by atoms with Crippen LogP contribution in [0.25, 0.3) is 0 Å². The molecule has 5 heteroatoms. The maximum Gasteiger partial charge on any atom is 0.123 e. The quantitative estimate of drug-likeness (QED) is 0.875. The molecular formula is C20H26FN3O. The van der Waals surface area contributed by atoms with Crippen molar-refractivity contribution < 1.29 is 9.13 Å². The third-order valence-corrected chi connectivity index (χ3v) is 4.85. The second-order valence-electron chi connectivity index (χ2n) is 7.06. The number of nitrogens with zero attached hydrogens (tertiary/aromatic N) is 2. The van der Waals surface area contributed by atoms with Gasteiger partial charge in [0.25, 0.3) is 0 Å². The number of nitrogens with one attached hydrogen (secondary N) is 1. The highest BCUT2D eigenvalue weighted by Crippen LogP contribution is 2.24. The Kier molecular flexibility index (Phi) is 5.78. The molecule has 2 aromatic rings. The number of benzene rings is 1. The van der Waals surface area contributed by atoms with Gasteiger partial charge >= 0.3 is 0 Å². The Morgan fingerprint density at radius 2 is 1.68 bits per heavy atom. The van der Waals surface area contributed by atoms with Crippen LogP contribution in [0.15, 0.2) is 48.8 Å². The van der Waals surface area contributed by atoms with Crippen molar-refractivity contribution >= 4 is 0 Å². The van der Waals surface area contributed by atoms with Crippen LogP contribution in [0.2, 0.25) is 0 Å². The summed E-state index contributed by atoms with van der Waals surface area (Å²) in [7, 11) is 0. The van der Waals surface area contributed by atoms with Gasteiger partial charge in [-0.15, -0.1) is 0 Å². The zero-order chi connectivity index (χ0) is 17.7. The predicted molar refractivity (Wildman–Crippen MR) is 97.0 cm³/mol. The summed E-state index contributed by atoms with van der Waals surface area (Å²) < 4.78 is 18.8. The summed E-state index contributed by atoms with van der Waals surface area (Å²) >= 11 is 0. The first-order valence-corrected chi connectivity index (χ1v) is 8.78. The first kappa shape index (κ1) is 18.0. The van der Waals surface area contributed by atoms with Gasteiger partial charge in [0.05, 0.1) is 19.3 Å². The lowest BCUT2D eigenvalue weighted by Gasteiger charge is -2.41. The highest BCUT2D eigenvalue weighted by atomic mass is 19.1. The molecule has 0 unspecified atom stereocenters.